The van der Waals surface area contributed by atoms with Gasteiger partial charge in [0, 0.05) is 62.1 Å². The number of piperidine rings is 1. The molecule has 0 bridgehead atoms. The number of nitrogens with zero attached hydrogens (tertiary/aromatic N) is 3. The summed E-state index contributed by atoms with van der Waals surface area (Å²) in [5, 5.41) is 3.70. The average Bonchev–Trinajstić information content (AvgIpc) is 2.73. The van der Waals surface area contributed by atoms with Gasteiger partial charge in [-0.15, -0.1) is 0 Å². The Labute approximate surface area is 180 Å². The summed E-state index contributed by atoms with van der Waals surface area (Å²) in [6, 6.07) is 8.53. The molecule has 2 saturated heterocycles. The third kappa shape index (κ3) is 5.88. The quantitative estimate of drug-likeness (QED) is 0.818. The Kier molecular flexibility index (Phi) is 7.23. The monoisotopic (exact) mass is 416 g/mol. The molecular formula is C23H36N4O3. The zero-order valence-electron chi connectivity index (χ0n) is 18.8. The van der Waals surface area contributed by atoms with E-state index in [0.29, 0.717) is 44.4 Å². The van der Waals surface area contributed by atoms with Gasteiger partial charge in [0.05, 0.1) is 6.61 Å². The first kappa shape index (κ1) is 22.4. The van der Waals surface area contributed by atoms with Gasteiger partial charge in [-0.3, -0.25) is 4.79 Å². The molecule has 0 saturated carbocycles. The molecule has 0 radical (unpaired) electrons. The van der Waals surface area contributed by atoms with Crippen LogP contribution in [0.5, 0.6) is 0 Å². The highest BCUT2D eigenvalue weighted by Crippen LogP contribution is 2.22. The molecule has 1 aromatic carbocycles. The van der Waals surface area contributed by atoms with Crippen LogP contribution >= 0.6 is 0 Å². The van der Waals surface area contributed by atoms with E-state index in [-0.39, 0.29) is 17.5 Å². The Bertz CT molecular complexity index is 713. The van der Waals surface area contributed by atoms with E-state index in [4.69, 9.17) is 4.74 Å². The van der Waals surface area contributed by atoms with Gasteiger partial charge < -0.3 is 24.8 Å². The molecule has 0 atom stereocenters. The minimum atomic E-state index is -0.296. The Morgan fingerprint density at radius 1 is 0.967 bits per heavy atom. The highest BCUT2D eigenvalue weighted by Gasteiger charge is 2.26. The van der Waals surface area contributed by atoms with E-state index in [2.05, 4.69) is 43.1 Å². The van der Waals surface area contributed by atoms with E-state index < -0.39 is 0 Å². The first-order chi connectivity index (χ1) is 14.3. The van der Waals surface area contributed by atoms with E-state index in [1.807, 2.05) is 17.0 Å². The number of carbonyl (C=O) groups is 2. The second-order valence-corrected chi connectivity index (χ2v) is 9.18. The number of anilines is 1. The van der Waals surface area contributed by atoms with Gasteiger partial charge in [-0.2, -0.15) is 0 Å². The van der Waals surface area contributed by atoms with Gasteiger partial charge in [0.15, 0.2) is 0 Å². The number of carbonyl (C=O) groups excluding carboxylic acids is 2. The fourth-order valence-electron chi connectivity index (χ4n) is 4.20. The van der Waals surface area contributed by atoms with Crippen molar-refractivity contribution in [3.05, 3.63) is 29.8 Å². The second kappa shape index (κ2) is 9.69. The number of ether oxygens (including phenoxy) is 1. The third-order valence-electron chi connectivity index (χ3n) is 5.70. The first-order valence-electron chi connectivity index (χ1n) is 11.1. The SMILES string of the molecule is CCOC(=O)N1CCN(C(=O)c2ccc(N3CCC(NC(C)(C)C)CC3)cc2)CC1. The largest absolute Gasteiger partial charge is 0.450 e. The summed E-state index contributed by atoms with van der Waals surface area (Å²) in [6.07, 6.45) is 1.96. The number of benzene rings is 1. The minimum absolute atomic E-state index is 0.0261. The van der Waals surface area contributed by atoms with Crippen molar-refractivity contribution >= 4 is 17.7 Å². The molecule has 2 amide bonds. The summed E-state index contributed by atoms with van der Waals surface area (Å²) < 4.78 is 5.04. The van der Waals surface area contributed by atoms with Crippen molar-refractivity contribution in [1.29, 1.82) is 0 Å². The summed E-state index contributed by atoms with van der Waals surface area (Å²) >= 11 is 0. The first-order valence-corrected chi connectivity index (χ1v) is 11.1. The number of nitrogens with one attached hydrogen (secondary N) is 1. The minimum Gasteiger partial charge on any atom is -0.450 e. The molecule has 0 unspecified atom stereocenters. The molecule has 0 aliphatic carbocycles. The zero-order valence-corrected chi connectivity index (χ0v) is 18.8. The maximum Gasteiger partial charge on any atom is 0.409 e. The standard InChI is InChI=1S/C23H36N4O3/c1-5-30-22(29)27-16-14-26(15-17-27)21(28)18-6-8-20(9-7-18)25-12-10-19(11-13-25)24-23(2,3)4/h6-9,19,24H,5,10-17H2,1-4H3. The highest BCUT2D eigenvalue weighted by molar-refractivity contribution is 5.94. The van der Waals surface area contributed by atoms with Crippen LogP contribution in [0.25, 0.3) is 0 Å². The molecule has 2 heterocycles. The average molecular weight is 417 g/mol. The zero-order chi connectivity index (χ0) is 21.7. The van der Waals surface area contributed by atoms with Crippen molar-refractivity contribution in [2.45, 2.75) is 52.1 Å². The van der Waals surface area contributed by atoms with Crippen molar-refractivity contribution < 1.29 is 14.3 Å². The van der Waals surface area contributed by atoms with Crippen molar-refractivity contribution in [3.63, 3.8) is 0 Å². The number of amides is 2. The molecular weight excluding hydrogens is 380 g/mol. The fraction of sp³-hybridized carbons (Fsp3) is 0.652. The molecule has 3 rings (SSSR count). The van der Waals surface area contributed by atoms with Crippen LogP contribution in [0.4, 0.5) is 10.5 Å². The van der Waals surface area contributed by atoms with Crippen molar-refractivity contribution in [2.24, 2.45) is 0 Å². The lowest BCUT2D eigenvalue weighted by atomic mass is 9.99. The molecule has 166 valence electrons. The van der Waals surface area contributed by atoms with Crippen LogP contribution in [0.1, 0.15) is 50.9 Å². The second-order valence-electron chi connectivity index (χ2n) is 9.18. The van der Waals surface area contributed by atoms with Crippen LogP contribution in [-0.2, 0) is 4.74 Å². The summed E-state index contributed by atoms with van der Waals surface area (Å²) in [6.45, 7) is 13.0. The highest BCUT2D eigenvalue weighted by atomic mass is 16.6. The van der Waals surface area contributed by atoms with Crippen molar-refractivity contribution in [3.8, 4) is 0 Å². The molecule has 1 N–H and O–H groups in total. The molecule has 0 spiro atoms. The number of hydrogen-bond donors (Lipinski definition) is 1. The topological polar surface area (TPSA) is 65.1 Å². The summed E-state index contributed by atoms with van der Waals surface area (Å²) in [5.74, 6) is 0.0261. The van der Waals surface area contributed by atoms with Crippen LogP contribution in [-0.4, -0.2) is 79.3 Å². The lowest BCUT2D eigenvalue weighted by Crippen LogP contribution is -2.50. The maximum atomic E-state index is 12.8. The van der Waals surface area contributed by atoms with E-state index in [9.17, 15) is 9.59 Å². The maximum absolute atomic E-state index is 12.8. The van der Waals surface area contributed by atoms with E-state index in [0.717, 1.165) is 25.9 Å². The summed E-state index contributed by atoms with van der Waals surface area (Å²) in [4.78, 5) is 30.5. The summed E-state index contributed by atoms with van der Waals surface area (Å²) in [7, 11) is 0. The van der Waals surface area contributed by atoms with Crippen LogP contribution in [0, 0.1) is 0 Å². The predicted octanol–water partition coefficient (Wildman–Crippen LogP) is 2.96. The Hall–Kier alpha value is -2.28. The predicted molar refractivity (Wildman–Crippen MR) is 119 cm³/mol. The van der Waals surface area contributed by atoms with E-state index in [1.165, 1.54) is 5.69 Å². The van der Waals surface area contributed by atoms with Gasteiger partial charge in [-0.25, -0.2) is 4.79 Å². The Morgan fingerprint density at radius 2 is 1.53 bits per heavy atom. The molecule has 2 aliphatic rings. The van der Waals surface area contributed by atoms with Crippen LogP contribution < -0.4 is 10.2 Å². The van der Waals surface area contributed by atoms with E-state index in [1.54, 1.807) is 11.8 Å². The Balaban J connectivity index is 1.50. The molecule has 30 heavy (non-hydrogen) atoms. The summed E-state index contributed by atoms with van der Waals surface area (Å²) in [5.41, 5.74) is 2.02. The van der Waals surface area contributed by atoms with Gasteiger partial charge in [-0.05, 0) is 64.8 Å². The lowest BCUT2D eigenvalue weighted by Gasteiger charge is -2.37. The van der Waals surface area contributed by atoms with E-state index >= 15 is 0 Å². The molecule has 2 aliphatic heterocycles. The van der Waals surface area contributed by atoms with Gasteiger partial charge in [0.1, 0.15) is 0 Å². The molecule has 7 heteroatoms. The molecule has 1 aromatic rings. The van der Waals surface area contributed by atoms with Crippen molar-refractivity contribution in [1.82, 2.24) is 15.1 Å². The fourth-order valence-corrected chi connectivity index (χ4v) is 4.20. The number of rotatable bonds is 4. The number of hydrogen-bond acceptors (Lipinski definition) is 5. The third-order valence-corrected chi connectivity index (χ3v) is 5.70. The van der Waals surface area contributed by atoms with Crippen LogP contribution in [0.15, 0.2) is 24.3 Å². The van der Waals surface area contributed by atoms with Gasteiger partial charge in [-0.1, -0.05) is 0 Å². The van der Waals surface area contributed by atoms with Crippen molar-refractivity contribution in [2.75, 3.05) is 50.8 Å². The van der Waals surface area contributed by atoms with Crippen LogP contribution in [0.3, 0.4) is 0 Å². The number of piperazine rings is 1. The Morgan fingerprint density at radius 3 is 2.07 bits per heavy atom. The van der Waals surface area contributed by atoms with Crippen LogP contribution in [0.2, 0.25) is 0 Å². The lowest BCUT2D eigenvalue weighted by molar-refractivity contribution is 0.0570. The smallest absolute Gasteiger partial charge is 0.409 e. The van der Waals surface area contributed by atoms with Gasteiger partial charge in [0.2, 0.25) is 0 Å². The molecule has 2 fully saturated rings. The van der Waals surface area contributed by atoms with Gasteiger partial charge in [0.25, 0.3) is 5.91 Å². The molecule has 7 nitrogen and oxygen atoms in total. The molecule has 0 aromatic heterocycles. The normalized spacial score (nSPS) is 18.5. The van der Waals surface area contributed by atoms with Gasteiger partial charge >= 0.3 is 6.09 Å².